The van der Waals surface area contributed by atoms with Crippen molar-refractivity contribution in [1.82, 2.24) is 4.98 Å². The van der Waals surface area contributed by atoms with Gasteiger partial charge in [-0.15, -0.1) is 11.3 Å². The van der Waals surface area contributed by atoms with Crippen LogP contribution in [0.2, 0.25) is 0 Å². The number of nitrogens with zero attached hydrogens (tertiary/aromatic N) is 1. The van der Waals surface area contributed by atoms with Crippen LogP contribution in [0.4, 0.5) is 0 Å². The summed E-state index contributed by atoms with van der Waals surface area (Å²) in [5.74, 6) is 1.01. The van der Waals surface area contributed by atoms with Crippen molar-refractivity contribution in [3.05, 3.63) is 46.5 Å². The molecule has 3 nitrogen and oxygen atoms in total. The Morgan fingerprint density at radius 2 is 1.92 bits per heavy atom. The summed E-state index contributed by atoms with van der Waals surface area (Å²) in [6, 6.07) is 8.47. The highest BCUT2D eigenvalue weighted by molar-refractivity contribution is 7.19. The Kier molecular flexibility index (Phi) is 4.96. The largest absolute Gasteiger partial charge is 0.490 e. The molecule has 4 heteroatoms. The molecule has 0 atom stereocenters. The summed E-state index contributed by atoms with van der Waals surface area (Å²) < 4.78 is 7.66. The van der Waals surface area contributed by atoms with Crippen molar-refractivity contribution in [1.29, 1.82) is 0 Å². The Labute approximate surface area is 158 Å². The van der Waals surface area contributed by atoms with E-state index in [4.69, 9.17) is 4.74 Å². The molecule has 0 bridgehead atoms. The summed E-state index contributed by atoms with van der Waals surface area (Å²) in [4.78, 5) is 5.43. The van der Waals surface area contributed by atoms with Gasteiger partial charge in [0, 0.05) is 22.2 Å². The number of hydrogen-bond acceptors (Lipinski definition) is 4. The van der Waals surface area contributed by atoms with Crippen molar-refractivity contribution in [2.45, 2.75) is 58.7 Å². The fourth-order valence-corrected chi connectivity index (χ4v) is 4.94. The standard InChI is InChI=1S/C22H25NO2S/c1-14-10-15(2)21(25-16-6-4-3-5-7-16)19(11-14)18-8-9-23-20-12-17(13-24)26-22(18)20/h8-12,16,24H,3-7,13H2,1-2H3. The Balaban J connectivity index is 1.84. The lowest BCUT2D eigenvalue weighted by molar-refractivity contribution is 0.154. The first-order valence-electron chi connectivity index (χ1n) is 9.42. The van der Waals surface area contributed by atoms with Crippen LogP contribution in [0.25, 0.3) is 21.3 Å². The Morgan fingerprint density at radius 3 is 2.69 bits per heavy atom. The van der Waals surface area contributed by atoms with E-state index in [1.54, 1.807) is 11.3 Å². The second-order valence-electron chi connectivity index (χ2n) is 7.28. The Hall–Kier alpha value is -1.91. The van der Waals surface area contributed by atoms with E-state index in [-0.39, 0.29) is 6.61 Å². The van der Waals surface area contributed by atoms with Crippen LogP contribution in [0, 0.1) is 13.8 Å². The van der Waals surface area contributed by atoms with Gasteiger partial charge in [-0.2, -0.15) is 0 Å². The van der Waals surface area contributed by atoms with E-state index in [1.807, 2.05) is 12.3 Å². The number of aromatic nitrogens is 1. The molecule has 2 heterocycles. The lowest BCUT2D eigenvalue weighted by Crippen LogP contribution is -2.20. The summed E-state index contributed by atoms with van der Waals surface area (Å²) in [5.41, 5.74) is 5.66. The number of rotatable bonds is 4. The van der Waals surface area contributed by atoms with Crippen LogP contribution < -0.4 is 4.74 Å². The predicted molar refractivity (Wildman–Crippen MR) is 108 cm³/mol. The molecule has 0 unspecified atom stereocenters. The van der Waals surface area contributed by atoms with E-state index in [0.717, 1.165) is 44.8 Å². The SMILES string of the molecule is Cc1cc(C)c(OC2CCCCC2)c(-c2ccnc3cc(CO)sc23)c1. The molecule has 2 aromatic heterocycles. The third-order valence-corrected chi connectivity index (χ3v) is 6.31. The molecule has 3 aromatic rings. The molecule has 1 fully saturated rings. The van der Waals surface area contributed by atoms with E-state index in [9.17, 15) is 5.11 Å². The summed E-state index contributed by atoms with van der Waals surface area (Å²) in [6.45, 7) is 4.33. The summed E-state index contributed by atoms with van der Waals surface area (Å²) >= 11 is 1.62. The van der Waals surface area contributed by atoms with Crippen LogP contribution >= 0.6 is 11.3 Å². The van der Waals surface area contributed by atoms with Crippen molar-refractivity contribution >= 4 is 21.6 Å². The minimum Gasteiger partial charge on any atom is -0.490 e. The normalized spacial score (nSPS) is 15.5. The lowest BCUT2D eigenvalue weighted by Gasteiger charge is -2.26. The van der Waals surface area contributed by atoms with Crippen LogP contribution in [0.15, 0.2) is 30.5 Å². The molecular formula is C22H25NO2S. The molecule has 4 rings (SSSR count). The average molecular weight is 368 g/mol. The van der Waals surface area contributed by atoms with Crippen LogP contribution in [-0.2, 0) is 6.61 Å². The van der Waals surface area contributed by atoms with E-state index in [0.29, 0.717) is 6.10 Å². The monoisotopic (exact) mass is 367 g/mol. The molecule has 136 valence electrons. The first-order valence-corrected chi connectivity index (χ1v) is 10.2. The number of aliphatic hydroxyl groups is 1. The molecular weight excluding hydrogens is 342 g/mol. The zero-order chi connectivity index (χ0) is 18.1. The number of benzene rings is 1. The zero-order valence-electron chi connectivity index (χ0n) is 15.4. The third kappa shape index (κ3) is 3.36. The smallest absolute Gasteiger partial charge is 0.130 e. The highest BCUT2D eigenvalue weighted by atomic mass is 32.1. The van der Waals surface area contributed by atoms with Crippen molar-refractivity contribution in [2.24, 2.45) is 0 Å². The number of aryl methyl sites for hydroxylation is 2. The molecule has 1 saturated carbocycles. The van der Waals surface area contributed by atoms with Gasteiger partial charge in [0.25, 0.3) is 0 Å². The molecule has 1 aliphatic rings. The second kappa shape index (κ2) is 7.37. The fraction of sp³-hybridized carbons (Fsp3) is 0.409. The highest BCUT2D eigenvalue weighted by Gasteiger charge is 2.20. The molecule has 0 radical (unpaired) electrons. The molecule has 0 spiro atoms. The van der Waals surface area contributed by atoms with Crippen molar-refractivity contribution < 1.29 is 9.84 Å². The molecule has 1 N–H and O–H groups in total. The van der Waals surface area contributed by atoms with Crippen molar-refractivity contribution in [2.75, 3.05) is 0 Å². The van der Waals surface area contributed by atoms with Gasteiger partial charge in [0.2, 0.25) is 0 Å². The maximum Gasteiger partial charge on any atom is 0.130 e. The van der Waals surface area contributed by atoms with Gasteiger partial charge in [0.05, 0.1) is 22.9 Å². The van der Waals surface area contributed by atoms with Gasteiger partial charge in [-0.1, -0.05) is 12.5 Å². The zero-order valence-corrected chi connectivity index (χ0v) is 16.2. The maximum absolute atomic E-state index is 9.52. The quantitative estimate of drug-likeness (QED) is 0.635. The van der Waals surface area contributed by atoms with Gasteiger partial charge in [-0.3, -0.25) is 4.98 Å². The lowest BCUT2D eigenvalue weighted by atomic mass is 9.96. The van der Waals surface area contributed by atoms with Gasteiger partial charge < -0.3 is 9.84 Å². The van der Waals surface area contributed by atoms with Gasteiger partial charge >= 0.3 is 0 Å². The van der Waals surface area contributed by atoms with Crippen molar-refractivity contribution in [3.8, 4) is 16.9 Å². The number of pyridine rings is 1. The topological polar surface area (TPSA) is 42.4 Å². The van der Waals surface area contributed by atoms with E-state index in [2.05, 4.69) is 37.0 Å². The van der Waals surface area contributed by atoms with Gasteiger partial charge in [0.15, 0.2) is 0 Å². The van der Waals surface area contributed by atoms with E-state index < -0.39 is 0 Å². The summed E-state index contributed by atoms with van der Waals surface area (Å²) in [7, 11) is 0. The van der Waals surface area contributed by atoms with Crippen LogP contribution in [0.3, 0.4) is 0 Å². The van der Waals surface area contributed by atoms with E-state index in [1.165, 1.54) is 30.4 Å². The minimum atomic E-state index is 0.0543. The number of ether oxygens (including phenoxy) is 1. The average Bonchev–Trinajstić information content (AvgIpc) is 3.08. The van der Waals surface area contributed by atoms with Crippen LogP contribution in [0.5, 0.6) is 5.75 Å². The number of hydrogen-bond donors (Lipinski definition) is 1. The third-order valence-electron chi connectivity index (χ3n) is 5.16. The summed E-state index contributed by atoms with van der Waals surface area (Å²) in [6.07, 6.45) is 8.30. The number of fused-ring (bicyclic) bond motifs is 1. The van der Waals surface area contributed by atoms with Crippen molar-refractivity contribution in [3.63, 3.8) is 0 Å². The first-order chi connectivity index (χ1) is 12.7. The second-order valence-corrected chi connectivity index (χ2v) is 8.42. The molecule has 0 amide bonds. The minimum absolute atomic E-state index is 0.0543. The number of thiophene rings is 1. The summed E-state index contributed by atoms with van der Waals surface area (Å²) in [5, 5.41) is 9.52. The molecule has 1 aliphatic carbocycles. The Morgan fingerprint density at radius 1 is 1.12 bits per heavy atom. The van der Waals surface area contributed by atoms with Gasteiger partial charge in [-0.25, -0.2) is 0 Å². The van der Waals surface area contributed by atoms with Gasteiger partial charge in [0.1, 0.15) is 5.75 Å². The van der Waals surface area contributed by atoms with Crippen LogP contribution in [-0.4, -0.2) is 16.2 Å². The van der Waals surface area contributed by atoms with E-state index >= 15 is 0 Å². The molecule has 0 saturated heterocycles. The van der Waals surface area contributed by atoms with Crippen LogP contribution in [0.1, 0.15) is 48.1 Å². The fourth-order valence-electron chi connectivity index (χ4n) is 3.94. The molecule has 1 aromatic carbocycles. The number of aliphatic hydroxyl groups excluding tert-OH is 1. The first kappa shape index (κ1) is 17.5. The molecule has 26 heavy (non-hydrogen) atoms. The highest BCUT2D eigenvalue weighted by Crippen LogP contribution is 2.41. The Bertz CT molecular complexity index is 925. The van der Waals surface area contributed by atoms with Gasteiger partial charge in [-0.05, 0) is 68.9 Å². The molecule has 0 aliphatic heterocycles. The predicted octanol–water partition coefficient (Wildman–Crippen LogP) is 5.78. The maximum atomic E-state index is 9.52.